The number of aryl methyl sites for hydroxylation is 1. The molecule has 8 nitrogen and oxygen atoms in total. The van der Waals surface area contributed by atoms with Gasteiger partial charge < -0.3 is 14.8 Å². The van der Waals surface area contributed by atoms with E-state index in [4.69, 9.17) is 9.47 Å². The first-order valence-corrected chi connectivity index (χ1v) is 8.42. The van der Waals surface area contributed by atoms with Gasteiger partial charge >= 0.3 is 0 Å². The number of aromatic amines is 1. The molecule has 2 N–H and O–H groups in total. The molecule has 1 aromatic heterocycles. The summed E-state index contributed by atoms with van der Waals surface area (Å²) >= 11 is 0. The van der Waals surface area contributed by atoms with E-state index in [9.17, 15) is 4.79 Å². The van der Waals surface area contributed by atoms with Crippen LogP contribution in [0.1, 0.15) is 22.9 Å². The monoisotopic (exact) mass is 367 g/mol. The maximum Gasteiger partial charge on any atom is 0.235 e. The predicted molar refractivity (Wildman–Crippen MR) is 100.0 cm³/mol. The molecule has 2 aromatic carbocycles. The van der Waals surface area contributed by atoms with E-state index in [2.05, 4.69) is 25.9 Å². The van der Waals surface area contributed by atoms with Gasteiger partial charge in [0.05, 0.1) is 14.2 Å². The standard InChI is InChI=1S/C19H21N5O3/c1-12-5-4-6-13(9-12)10-15(18-21-23-24-22-18)19(25)20-14-7-8-16(26-2)17(11-14)27-3/h4-9,11,15H,10H2,1-3H3,(H,20,25)(H,21,22,23,24)/t15-/m0/s1. The Morgan fingerprint density at radius 1 is 1.15 bits per heavy atom. The van der Waals surface area contributed by atoms with Crippen molar-refractivity contribution >= 4 is 11.6 Å². The van der Waals surface area contributed by atoms with Gasteiger partial charge in [-0.05, 0) is 31.0 Å². The Morgan fingerprint density at radius 2 is 1.96 bits per heavy atom. The lowest BCUT2D eigenvalue weighted by molar-refractivity contribution is -0.117. The van der Waals surface area contributed by atoms with E-state index < -0.39 is 5.92 Å². The van der Waals surface area contributed by atoms with Crippen LogP contribution >= 0.6 is 0 Å². The number of tetrazole rings is 1. The summed E-state index contributed by atoms with van der Waals surface area (Å²) < 4.78 is 10.5. The second-order valence-corrected chi connectivity index (χ2v) is 6.07. The minimum atomic E-state index is -0.585. The van der Waals surface area contributed by atoms with Gasteiger partial charge in [-0.1, -0.05) is 35.0 Å². The minimum Gasteiger partial charge on any atom is -0.493 e. The zero-order valence-corrected chi connectivity index (χ0v) is 15.4. The van der Waals surface area contributed by atoms with Gasteiger partial charge in [0.15, 0.2) is 17.3 Å². The molecule has 0 aliphatic heterocycles. The number of benzene rings is 2. The molecule has 0 fully saturated rings. The molecule has 8 heteroatoms. The number of carbonyl (C=O) groups is 1. The molecule has 140 valence electrons. The summed E-state index contributed by atoms with van der Waals surface area (Å²) in [6.45, 7) is 2.01. The molecule has 0 bridgehead atoms. The number of aromatic nitrogens is 4. The highest BCUT2D eigenvalue weighted by Gasteiger charge is 2.25. The third-order valence-electron chi connectivity index (χ3n) is 4.16. The summed E-state index contributed by atoms with van der Waals surface area (Å²) in [7, 11) is 3.10. The van der Waals surface area contributed by atoms with Crippen molar-refractivity contribution in [2.75, 3.05) is 19.5 Å². The van der Waals surface area contributed by atoms with E-state index >= 15 is 0 Å². The smallest absolute Gasteiger partial charge is 0.235 e. The summed E-state index contributed by atoms with van der Waals surface area (Å²) in [6, 6.07) is 13.2. The molecule has 1 amide bonds. The molecule has 1 heterocycles. The van der Waals surface area contributed by atoms with Crippen molar-refractivity contribution in [1.82, 2.24) is 20.6 Å². The number of nitrogens with zero attached hydrogens (tertiary/aromatic N) is 3. The molecule has 0 aliphatic carbocycles. The lowest BCUT2D eigenvalue weighted by atomic mass is 9.96. The van der Waals surface area contributed by atoms with Crippen molar-refractivity contribution in [3.8, 4) is 11.5 Å². The molecule has 0 saturated heterocycles. The number of anilines is 1. The second-order valence-electron chi connectivity index (χ2n) is 6.07. The van der Waals surface area contributed by atoms with Gasteiger partial charge in [0.2, 0.25) is 5.91 Å². The van der Waals surface area contributed by atoms with E-state index in [0.29, 0.717) is 29.4 Å². The lowest BCUT2D eigenvalue weighted by Gasteiger charge is -2.15. The molecule has 27 heavy (non-hydrogen) atoms. The summed E-state index contributed by atoms with van der Waals surface area (Å²) in [5.74, 6) is 0.647. The number of carbonyl (C=O) groups excluding carboxylic acids is 1. The van der Waals surface area contributed by atoms with Crippen molar-refractivity contribution in [2.45, 2.75) is 19.3 Å². The average molecular weight is 367 g/mol. The molecule has 0 aliphatic rings. The van der Waals surface area contributed by atoms with Crippen LogP contribution in [-0.4, -0.2) is 40.8 Å². The Morgan fingerprint density at radius 3 is 2.63 bits per heavy atom. The predicted octanol–water partition coefficient (Wildman–Crippen LogP) is 2.49. The lowest BCUT2D eigenvalue weighted by Crippen LogP contribution is -2.24. The number of rotatable bonds is 7. The summed E-state index contributed by atoms with van der Waals surface area (Å²) in [6.07, 6.45) is 0.459. The molecule has 0 radical (unpaired) electrons. The fraction of sp³-hybridized carbons (Fsp3) is 0.263. The van der Waals surface area contributed by atoms with Gasteiger partial charge in [-0.25, -0.2) is 0 Å². The molecule has 1 atom stereocenters. The van der Waals surface area contributed by atoms with E-state index in [1.54, 1.807) is 32.4 Å². The number of H-pyrrole nitrogens is 1. The Labute approximate surface area is 156 Å². The van der Waals surface area contributed by atoms with Crippen molar-refractivity contribution in [1.29, 1.82) is 0 Å². The van der Waals surface area contributed by atoms with Crippen molar-refractivity contribution < 1.29 is 14.3 Å². The van der Waals surface area contributed by atoms with Crippen molar-refractivity contribution in [3.05, 3.63) is 59.4 Å². The van der Waals surface area contributed by atoms with Crippen LogP contribution in [0.5, 0.6) is 11.5 Å². The number of amides is 1. The van der Waals surface area contributed by atoms with Gasteiger partial charge in [0, 0.05) is 11.8 Å². The highest BCUT2D eigenvalue weighted by molar-refractivity contribution is 5.95. The number of hydrogen-bond donors (Lipinski definition) is 2. The third-order valence-corrected chi connectivity index (χ3v) is 4.16. The van der Waals surface area contributed by atoms with Crippen molar-refractivity contribution in [2.24, 2.45) is 0 Å². The van der Waals surface area contributed by atoms with Gasteiger partial charge in [-0.3, -0.25) is 4.79 Å². The highest BCUT2D eigenvalue weighted by atomic mass is 16.5. The van der Waals surface area contributed by atoms with Crippen molar-refractivity contribution in [3.63, 3.8) is 0 Å². The van der Waals surface area contributed by atoms with Crippen LogP contribution in [-0.2, 0) is 11.2 Å². The molecule has 0 saturated carbocycles. The third kappa shape index (κ3) is 4.41. The summed E-state index contributed by atoms with van der Waals surface area (Å²) in [5, 5.41) is 16.9. The molecule has 0 unspecified atom stereocenters. The minimum absolute atomic E-state index is 0.231. The SMILES string of the molecule is COc1ccc(NC(=O)[C@@H](Cc2cccc(C)c2)c2nn[nH]n2)cc1OC. The van der Waals surface area contributed by atoms with Crippen LogP contribution in [0.4, 0.5) is 5.69 Å². The van der Waals surface area contributed by atoms with E-state index in [1.807, 2.05) is 31.2 Å². The van der Waals surface area contributed by atoms with Crippen LogP contribution in [0.25, 0.3) is 0 Å². The molecular weight excluding hydrogens is 346 g/mol. The van der Waals surface area contributed by atoms with E-state index in [0.717, 1.165) is 11.1 Å². The zero-order chi connectivity index (χ0) is 19.2. The van der Waals surface area contributed by atoms with Gasteiger partial charge in [-0.15, -0.1) is 10.2 Å². The Bertz CT molecular complexity index is 911. The normalized spacial score (nSPS) is 11.7. The first-order valence-electron chi connectivity index (χ1n) is 8.42. The Hall–Kier alpha value is -3.42. The van der Waals surface area contributed by atoms with E-state index in [-0.39, 0.29) is 5.91 Å². The number of nitrogens with one attached hydrogen (secondary N) is 2. The molecular formula is C19H21N5O3. The summed E-state index contributed by atoms with van der Waals surface area (Å²) in [5.41, 5.74) is 2.74. The molecule has 3 aromatic rings. The van der Waals surface area contributed by atoms with Crippen LogP contribution in [0.15, 0.2) is 42.5 Å². The number of ether oxygens (including phenoxy) is 2. The fourth-order valence-corrected chi connectivity index (χ4v) is 2.84. The van der Waals surface area contributed by atoms with Crippen LogP contribution in [0.3, 0.4) is 0 Å². The van der Waals surface area contributed by atoms with Crippen LogP contribution in [0.2, 0.25) is 0 Å². The average Bonchev–Trinajstić information content (AvgIpc) is 3.20. The second kappa shape index (κ2) is 8.31. The fourth-order valence-electron chi connectivity index (χ4n) is 2.84. The maximum absolute atomic E-state index is 12.9. The Kier molecular flexibility index (Phi) is 5.65. The van der Waals surface area contributed by atoms with Crippen LogP contribution in [0, 0.1) is 6.92 Å². The first kappa shape index (κ1) is 18.4. The quantitative estimate of drug-likeness (QED) is 0.665. The summed E-state index contributed by atoms with van der Waals surface area (Å²) in [4.78, 5) is 12.9. The van der Waals surface area contributed by atoms with Crippen LogP contribution < -0.4 is 14.8 Å². The molecule has 0 spiro atoms. The van der Waals surface area contributed by atoms with Gasteiger partial charge in [0.25, 0.3) is 0 Å². The van der Waals surface area contributed by atoms with Gasteiger partial charge in [-0.2, -0.15) is 5.21 Å². The number of hydrogen-bond acceptors (Lipinski definition) is 6. The topological polar surface area (TPSA) is 102 Å². The zero-order valence-electron chi connectivity index (χ0n) is 15.4. The largest absolute Gasteiger partial charge is 0.493 e. The van der Waals surface area contributed by atoms with Gasteiger partial charge in [0.1, 0.15) is 5.92 Å². The molecule has 3 rings (SSSR count). The Balaban J connectivity index is 1.83. The number of methoxy groups -OCH3 is 2. The highest BCUT2D eigenvalue weighted by Crippen LogP contribution is 2.30. The maximum atomic E-state index is 12.9. The first-order chi connectivity index (χ1) is 13.1. The van der Waals surface area contributed by atoms with E-state index in [1.165, 1.54) is 0 Å².